The maximum atomic E-state index is 13.9. The first-order valence-corrected chi connectivity index (χ1v) is 15.4. The van der Waals surface area contributed by atoms with E-state index in [2.05, 4.69) is 29.2 Å². The number of aromatic nitrogens is 1. The Hall–Kier alpha value is -4.91. The Kier molecular flexibility index (Phi) is 8.67. The van der Waals surface area contributed by atoms with Gasteiger partial charge in [0.05, 0.1) is 19.6 Å². The minimum atomic E-state index is -0.708. The molecule has 0 bridgehead atoms. The van der Waals surface area contributed by atoms with E-state index in [0.717, 1.165) is 44.5 Å². The van der Waals surface area contributed by atoms with Crippen molar-refractivity contribution in [1.82, 2.24) is 0 Å². The number of fused-ring (bicyclic) bond motifs is 4. The van der Waals surface area contributed by atoms with Gasteiger partial charge < -0.3 is 14.4 Å². The predicted molar refractivity (Wildman–Crippen MR) is 185 cm³/mol. The van der Waals surface area contributed by atoms with Crippen LogP contribution in [-0.4, -0.2) is 40.3 Å². The standard InChI is InChI=1S/C38H31Cl2N2O4/c1-41(2)27-15-10-23(11-16-27)9-12-24-19-20-42(33-8-6-5-7-28(24)33)36(38(44)46-4)35(37(43)45-3)34-31-21-25(39)13-17-29(31)30-18-14-26(40)22-32(30)34/h5-22,34H,1-4H3/q+1/b36-35-. The molecule has 1 aliphatic carbocycles. The Balaban J connectivity index is 1.59. The molecule has 1 aliphatic rings. The van der Waals surface area contributed by atoms with Crippen molar-refractivity contribution < 1.29 is 23.6 Å². The van der Waals surface area contributed by atoms with Crippen LogP contribution < -0.4 is 9.47 Å². The molecule has 1 heterocycles. The first-order valence-electron chi connectivity index (χ1n) is 14.6. The summed E-state index contributed by atoms with van der Waals surface area (Å²) < 4.78 is 12.4. The molecule has 230 valence electrons. The SMILES string of the molecule is COC(=O)/C(=C(/C(=O)OC)[n+]1ccc(/C=C/c2ccc(N(C)C)cc2)c2ccccc21)C1c2cc(Cl)ccc2-c2ccc(Cl)cc21. The molecule has 0 N–H and O–H groups in total. The molecule has 8 heteroatoms. The van der Waals surface area contributed by atoms with Gasteiger partial charge in [0.1, 0.15) is 5.57 Å². The van der Waals surface area contributed by atoms with Crippen LogP contribution in [0.4, 0.5) is 5.69 Å². The van der Waals surface area contributed by atoms with Gasteiger partial charge in [0, 0.05) is 47.9 Å². The number of nitrogens with zero attached hydrogens (tertiary/aromatic N) is 2. The van der Waals surface area contributed by atoms with Crippen molar-refractivity contribution in [2.24, 2.45) is 0 Å². The van der Waals surface area contributed by atoms with Crippen LogP contribution >= 0.6 is 23.2 Å². The zero-order valence-electron chi connectivity index (χ0n) is 25.8. The summed E-state index contributed by atoms with van der Waals surface area (Å²) in [4.78, 5) is 29.7. The van der Waals surface area contributed by atoms with Crippen molar-refractivity contribution in [3.05, 3.63) is 135 Å². The number of benzene rings is 4. The van der Waals surface area contributed by atoms with Crippen LogP contribution in [0.2, 0.25) is 10.0 Å². The highest BCUT2D eigenvalue weighted by atomic mass is 35.5. The summed E-state index contributed by atoms with van der Waals surface area (Å²) >= 11 is 13.0. The lowest BCUT2D eigenvalue weighted by atomic mass is 9.87. The van der Waals surface area contributed by atoms with E-state index in [1.807, 2.05) is 80.8 Å². The highest BCUT2D eigenvalue weighted by Gasteiger charge is 2.43. The topological polar surface area (TPSA) is 59.7 Å². The molecule has 0 spiro atoms. The molecule has 1 aromatic heterocycles. The van der Waals surface area contributed by atoms with Gasteiger partial charge in [-0.2, -0.15) is 4.57 Å². The highest BCUT2D eigenvalue weighted by Crippen LogP contribution is 2.50. The number of carbonyl (C=O) groups excluding carboxylic acids is 2. The fraction of sp³-hybridized carbons (Fsp3) is 0.132. The van der Waals surface area contributed by atoms with E-state index in [1.165, 1.54) is 14.2 Å². The van der Waals surface area contributed by atoms with Crippen LogP contribution in [0, 0.1) is 0 Å². The molecule has 5 aromatic rings. The molecule has 0 aliphatic heterocycles. The molecule has 46 heavy (non-hydrogen) atoms. The molecular formula is C38H31Cl2N2O4+. The van der Waals surface area contributed by atoms with Gasteiger partial charge in [0.15, 0.2) is 6.20 Å². The third kappa shape index (κ3) is 5.66. The summed E-state index contributed by atoms with van der Waals surface area (Å²) in [6.07, 6.45) is 5.86. The quantitative estimate of drug-likeness (QED) is 0.101. The van der Waals surface area contributed by atoms with Crippen LogP contribution in [0.5, 0.6) is 0 Å². The van der Waals surface area contributed by atoms with Crippen molar-refractivity contribution in [2.45, 2.75) is 5.92 Å². The maximum Gasteiger partial charge on any atom is 0.404 e. The number of ether oxygens (including phenoxy) is 2. The largest absolute Gasteiger partial charge is 0.465 e. The molecule has 6 nitrogen and oxygen atoms in total. The van der Waals surface area contributed by atoms with Gasteiger partial charge in [-0.05, 0) is 75.8 Å². The van der Waals surface area contributed by atoms with E-state index >= 15 is 0 Å². The van der Waals surface area contributed by atoms with Crippen LogP contribution in [0.1, 0.15) is 28.2 Å². The monoisotopic (exact) mass is 649 g/mol. The Labute approximate surface area is 277 Å². The van der Waals surface area contributed by atoms with E-state index in [-0.39, 0.29) is 11.3 Å². The smallest absolute Gasteiger partial charge is 0.404 e. The Morgan fingerprint density at radius 2 is 1.37 bits per heavy atom. The van der Waals surface area contributed by atoms with E-state index < -0.39 is 17.9 Å². The maximum absolute atomic E-state index is 13.9. The molecule has 6 rings (SSSR count). The van der Waals surface area contributed by atoms with Crippen LogP contribution in [0.25, 0.3) is 39.9 Å². The molecular weight excluding hydrogens is 619 g/mol. The van der Waals surface area contributed by atoms with Crippen molar-refractivity contribution >= 4 is 69.6 Å². The van der Waals surface area contributed by atoms with Crippen molar-refractivity contribution in [1.29, 1.82) is 0 Å². The summed E-state index contributed by atoms with van der Waals surface area (Å²) in [5, 5.41) is 1.87. The minimum Gasteiger partial charge on any atom is -0.465 e. The third-order valence-electron chi connectivity index (χ3n) is 8.25. The number of esters is 2. The highest BCUT2D eigenvalue weighted by molar-refractivity contribution is 6.31. The van der Waals surface area contributed by atoms with Crippen molar-refractivity contribution in [2.75, 3.05) is 33.2 Å². The third-order valence-corrected chi connectivity index (χ3v) is 8.72. The van der Waals surface area contributed by atoms with Crippen LogP contribution in [0.3, 0.4) is 0 Å². The van der Waals surface area contributed by atoms with E-state index in [1.54, 1.807) is 22.9 Å². The number of para-hydroxylation sites is 1. The second-order valence-corrected chi connectivity index (χ2v) is 12.0. The number of anilines is 1. The van der Waals surface area contributed by atoms with Crippen molar-refractivity contribution in [3.63, 3.8) is 0 Å². The number of carbonyl (C=O) groups is 2. The van der Waals surface area contributed by atoms with Crippen LogP contribution in [0.15, 0.2) is 103 Å². The van der Waals surface area contributed by atoms with Crippen molar-refractivity contribution in [3.8, 4) is 11.1 Å². The number of pyridine rings is 1. The predicted octanol–water partition coefficient (Wildman–Crippen LogP) is 8.04. The van der Waals surface area contributed by atoms with Gasteiger partial charge in [0.25, 0.3) is 0 Å². The second-order valence-electron chi connectivity index (χ2n) is 11.1. The summed E-state index contributed by atoms with van der Waals surface area (Å²) in [6, 6.07) is 28.9. The number of hydrogen-bond acceptors (Lipinski definition) is 5. The first-order chi connectivity index (χ1) is 22.2. The molecule has 0 saturated heterocycles. The molecule has 0 radical (unpaired) electrons. The van der Waals surface area contributed by atoms with E-state index in [0.29, 0.717) is 15.6 Å². The lowest BCUT2D eigenvalue weighted by Crippen LogP contribution is -2.40. The summed E-state index contributed by atoms with van der Waals surface area (Å²) in [5.74, 6) is -2.08. The minimum absolute atomic E-state index is 0.0316. The summed E-state index contributed by atoms with van der Waals surface area (Å²) in [5.41, 5.74) is 7.23. The zero-order chi connectivity index (χ0) is 32.5. The molecule has 0 saturated carbocycles. The van der Waals surface area contributed by atoms with Gasteiger partial charge in [-0.15, -0.1) is 0 Å². The second kappa shape index (κ2) is 12.8. The fourth-order valence-corrected chi connectivity index (χ4v) is 6.43. The van der Waals surface area contributed by atoms with E-state index in [4.69, 9.17) is 32.7 Å². The Morgan fingerprint density at radius 1 is 0.761 bits per heavy atom. The van der Waals surface area contributed by atoms with Gasteiger partial charge in [-0.1, -0.05) is 71.8 Å². The molecule has 4 aromatic carbocycles. The molecule has 0 atom stereocenters. The van der Waals surface area contributed by atoms with Gasteiger partial charge in [-0.3, -0.25) is 0 Å². The lowest BCUT2D eigenvalue weighted by molar-refractivity contribution is -0.550. The Morgan fingerprint density at radius 3 is 1.96 bits per heavy atom. The van der Waals surface area contributed by atoms with Gasteiger partial charge >= 0.3 is 17.6 Å². The van der Waals surface area contributed by atoms with Gasteiger partial charge in [0.2, 0.25) is 5.52 Å². The number of rotatable bonds is 7. The lowest BCUT2D eigenvalue weighted by Gasteiger charge is -2.18. The number of hydrogen-bond donors (Lipinski definition) is 0. The average Bonchev–Trinajstić information content (AvgIpc) is 3.37. The normalized spacial score (nSPS) is 12.9. The van der Waals surface area contributed by atoms with E-state index in [9.17, 15) is 9.59 Å². The molecule has 0 unspecified atom stereocenters. The molecule has 0 amide bonds. The average molecular weight is 651 g/mol. The Bertz CT molecular complexity index is 2010. The van der Waals surface area contributed by atoms with Crippen LogP contribution in [-0.2, 0) is 19.1 Å². The number of methoxy groups -OCH3 is 2. The molecule has 0 fully saturated rings. The summed E-state index contributed by atoms with van der Waals surface area (Å²) in [6.45, 7) is 0. The number of halogens is 2. The fourth-order valence-electron chi connectivity index (χ4n) is 6.07. The summed E-state index contributed by atoms with van der Waals surface area (Å²) in [7, 11) is 6.61. The van der Waals surface area contributed by atoms with Gasteiger partial charge in [-0.25, -0.2) is 9.59 Å². The zero-order valence-corrected chi connectivity index (χ0v) is 27.3. The first kappa shape index (κ1) is 31.1.